The van der Waals surface area contributed by atoms with E-state index in [9.17, 15) is 32.3 Å². The number of nitrogens with zero attached hydrogens (tertiary/aromatic N) is 5. The molecule has 0 aliphatic carbocycles. The Morgan fingerprint density at radius 3 is 2.61 bits per heavy atom. The fourth-order valence-corrected chi connectivity index (χ4v) is 4.95. The molecular weight excluding hydrogens is 546 g/mol. The normalized spacial score (nSPS) is 12.0. The van der Waals surface area contributed by atoms with Gasteiger partial charge in [-0.25, -0.2) is 23.8 Å². The van der Waals surface area contributed by atoms with Crippen molar-refractivity contribution in [2.24, 2.45) is 7.05 Å². The molecule has 0 aliphatic rings. The van der Waals surface area contributed by atoms with E-state index < -0.39 is 34.6 Å². The molecule has 14 heteroatoms. The number of fused-ring (bicyclic) bond motifs is 4. The smallest absolute Gasteiger partial charge is 0.435 e. The number of carbonyl (C=O) groups is 1. The number of nitrogens with one attached hydrogen (secondary N) is 2. The average molecular weight is 565 g/mol. The van der Waals surface area contributed by atoms with Crippen molar-refractivity contribution >= 4 is 44.6 Å². The Balaban J connectivity index is 1.73. The molecule has 0 fully saturated rings. The van der Waals surface area contributed by atoms with Crippen LogP contribution in [0.25, 0.3) is 49.8 Å². The minimum absolute atomic E-state index is 0.0215. The van der Waals surface area contributed by atoms with Gasteiger partial charge in [-0.2, -0.15) is 18.3 Å². The van der Waals surface area contributed by atoms with E-state index in [1.165, 1.54) is 42.2 Å². The molecule has 0 aliphatic heterocycles. The summed E-state index contributed by atoms with van der Waals surface area (Å²) < 4.78 is 57.8. The molecule has 0 radical (unpaired) electrons. The molecule has 0 bridgehead atoms. The molecule has 0 unspecified atom stereocenters. The number of aromatic amines is 1. The zero-order valence-corrected chi connectivity index (χ0v) is 21.3. The first-order valence-corrected chi connectivity index (χ1v) is 12.2. The number of hydrogen-bond donors (Lipinski definition) is 3. The summed E-state index contributed by atoms with van der Waals surface area (Å²) >= 11 is 0. The Labute approximate surface area is 226 Å². The number of hydrogen-bond acceptors (Lipinski definition) is 6. The van der Waals surface area contributed by atoms with Crippen LogP contribution in [-0.2, 0) is 13.2 Å². The minimum Gasteiger partial charge on any atom is -0.477 e. The SMILES string of the molecule is CCNc1cc(F)cc2c1[nH]c1ncc(-c3cnc4c(c3)c(=O)c(C(=O)O)cn4C)c(-n3ccc(C(F)(F)F)n3)c12. The molecule has 0 saturated carbocycles. The second kappa shape index (κ2) is 9.15. The van der Waals surface area contributed by atoms with Crippen molar-refractivity contribution in [3.05, 3.63) is 76.4 Å². The minimum atomic E-state index is -4.73. The number of aromatic nitrogens is 6. The molecule has 5 heterocycles. The van der Waals surface area contributed by atoms with Gasteiger partial charge in [0, 0.05) is 54.9 Å². The highest BCUT2D eigenvalue weighted by molar-refractivity contribution is 6.15. The van der Waals surface area contributed by atoms with Gasteiger partial charge in [0.2, 0.25) is 5.43 Å². The number of aryl methyl sites for hydroxylation is 1. The molecule has 208 valence electrons. The number of H-pyrrole nitrogens is 1. The number of alkyl halides is 3. The highest BCUT2D eigenvalue weighted by atomic mass is 19.4. The molecule has 1 aromatic carbocycles. The van der Waals surface area contributed by atoms with Crippen LogP contribution in [0.5, 0.6) is 0 Å². The van der Waals surface area contributed by atoms with Gasteiger partial charge in [-0.05, 0) is 31.2 Å². The van der Waals surface area contributed by atoms with Crippen LogP contribution in [0.15, 0.2) is 53.8 Å². The zero-order chi connectivity index (χ0) is 29.2. The number of anilines is 1. The summed E-state index contributed by atoms with van der Waals surface area (Å²) in [6, 6.07) is 4.74. The summed E-state index contributed by atoms with van der Waals surface area (Å²) in [5, 5.41) is 16.9. The quantitative estimate of drug-likeness (QED) is 0.248. The highest BCUT2D eigenvalue weighted by Crippen LogP contribution is 2.39. The molecule has 6 rings (SSSR count). The molecule has 0 amide bonds. The van der Waals surface area contributed by atoms with Crippen LogP contribution < -0.4 is 10.7 Å². The van der Waals surface area contributed by atoms with Crippen LogP contribution in [0.4, 0.5) is 23.2 Å². The van der Waals surface area contributed by atoms with Crippen molar-refractivity contribution in [3.63, 3.8) is 0 Å². The summed E-state index contributed by atoms with van der Waals surface area (Å²) in [5.41, 5.74) is -0.439. The number of aromatic carboxylic acids is 1. The van der Waals surface area contributed by atoms with Gasteiger partial charge in [-0.15, -0.1) is 0 Å². The first-order valence-electron chi connectivity index (χ1n) is 12.2. The summed E-state index contributed by atoms with van der Waals surface area (Å²) in [6.45, 7) is 2.31. The van der Waals surface area contributed by atoms with Gasteiger partial charge in [0.05, 0.1) is 27.7 Å². The number of halogens is 4. The maximum atomic E-state index is 14.8. The molecule has 0 saturated heterocycles. The number of rotatable bonds is 5. The lowest BCUT2D eigenvalue weighted by molar-refractivity contribution is -0.141. The Morgan fingerprint density at radius 1 is 1.15 bits per heavy atom. The standard InChI is InChI=1S/C27H19F4N7O3/c1-3-32-18-8-13(28)7-14-20-22(38-5-4-19(36-38)27(29,30)31)16(10-33-24(20)35-21(14)18)12-6-15-23(39)17(26(40)41)11-37(2)25(15)34-9-12/h4-11,32H,3H2,1-2H3,(H,33,35)(H,40,41). The fraction of sp³-hybridized carbons (Fsp3) is 0.148. The van der Waals surface area contributed by atoms with Crippen molar-refractivity contribution in [1.29, 1.82) is 0 Å². The van der Waals surface area contributed by atoms with E-state index in [0.717, 1.165) is 23.1 Å². The molecule has 0 atom stereocenters. The van der Waals surface area contributed by atoms with Crippen LogP contribution in [0.2, 0.25) is 0 Å². The first-order chi connectivity index (χ1) is 19.5. The van der Waals surface area contributed by atoms with Crippen LogP contribution >= 0.6 is 0 Å². The summed E-state index contributed by atoms with van der Waals surface area (Å²) in [6.07, 6.45) is 0.317. The molecule has 5 aromatic heterocycles. The van der Waals surface area contributed by atoms with Gasteiger partial charge in [0.15, 0.2) is 5.69 Å². The van der Waals surface area contributed by atoms with Crippen LogP contribution in [0, 0.1) is 5.82 Å². The highest BCUT2D eigenvalue weighted by Gasteiger charge is 2.34. The molecule has 10 nitrogen and oxygen atoms in total. The van der Waals surface area contributed by atoms with Crippen molar-refractivity contribution in [3.8, 4) is 16.8 Å². The summed E-state index contributed by atoms with van der Waals surface area (Å²) in [4.78, 5) is 36.6. The molecule has 3 N–H and O–H groups in total. The third-order valence-electron chi connectivity index (χ3n) is 6.70. The van der Waals surface area contributed by atoms with Crippen LogP contribution in [0.3, 0.4) is 0 Å². The van der Waals surface area contributed by atoms with Crippen LogP contribution in [-0.4, -0.2) is 46.9 Å². The lowest BCUT2D eigenvalue weighted by Gasteiger charge is -2.13. The monoisotopic (exact) mass is 565 g/mol. The van der Waals surface area contributed by atoms with E-state index in [-0.39, 0.29) is 38.9 Å². The molecule has 0 spiro atoms. The zero-order valence-electron chi connectivity index (χ0n) is 21.3. The third kappa shape index (κ3) is 4.15. The van der Waals surface area contributed by atoms with Crippen LogP contribution in [0.1, 0.15) is 23.0 Å². The van der Waals surface area contributed by atoms with Gasteiger partial charge in [0.1, 0.15) is 22.7 Å². The first kappa shape index (κ1) is 26.0. The molecular formula is C27H19F4N7O3. The lowest BCUT2D eigenvalue weighted by atomic mass is 10.0. The van der Waals surface area contributed by atoms with Gasteiger partial charge in [-0.3, -0.25) is 4.79 Å². The number of carboxylic acid groups (broad SMARTS) is 1. The van der Waals surface area contributed by atoms with Gasteiger partial charge in [0.25, 0.3) is 0 Å². The van der Waals surface area contributed by atoms with E-state index >= 15 is 0 Å². The molecule has 6 aromatic rings. The molecule has 41 heavy (non-hydrogen) atoms. The van der Waals surface area contributed by atoms with Crippen molar-refractivity contribution in [2.45, 2.75) is 13.1 Å². The predicted octanol–water partition coefficient (Wildman–Crippen LogP) is 5.10. The fourth-order valence-electron chi connectivity index (χ4n) is 4.95. The van der Waals surface area contributed by atoms with E-state index in [1.54, 1.807) is 0 Å². The topological polar surface area (TPSA) is 131 Å². The predicted molar refractivity (Wildman–Crippen MR) is 143 cm³/mol. The van der Waals surface area contributed by atoms with Crippen molar-refractivity contribution in [1.82, 2.24) is 29.3 Å². The number of benzene rings is 1. The van der Waals surface area contributed by atoms with E-state index in [0.29, 0.717) is 23.1 Å². The lowest BCUT2D eigenvalue weighted by Crippen LogP contribution is -2.18. The van der Waals surface area contributed by atoms with Gasteiger partial charge in [-0.1, -0.05) is 0 Å². The third-order valence-corrected chi connectivity index (χ3v) is 6.70. The average Bonchev–Trinajstić information content (AvgIpc) is 3.56. The van der Waals surface area contributed by atoms with Gasteiger partial charge >= 0.3 is 12.1 Å². The Kier molecular flexibility index (Phi) is 5.79. The number of pyridine rings is 3. The van der Waals surface area contributed by atoms with E-state index in [4.69, 9.17) is 0 Å². The second-order valence-corrected chi connectivity index (χ2v) is 9.30. The van der Waals surface area contributed by atoms with E-state index in [1.807, 2.05) is 6.92 Å². The number of carboxylic acids is 1. The Bertz CT molecular complexity index is 2090. The summed E-state index contributed by atoms with van der Waals surface area (Å²) in [7, 11) is 1.53. The summed E-state index contributed by atoms with van der Waals surface area (Å²) in [5.74, 6) is -2.01. The maximum absolute atomic E-state index is 14.8. The van der Waals surface area contributed by atoms with Crippen molar-refractivity contribution < 1.29 is 27.5 Å². The second-order valence-electron chi connectivity index (χ2n) is 9.30. The Morgan fingerprint density at radius 2 is 1.93 bits per heavy atom. The van der Waals surface area contributed by atoms with E-state index in [2.05, 4.69) is 25.4 Å². The van der Waals surface area contributed by atoms with Gasteiger partial charge < -0.3 is 20.0 Å². The Hall–Kier alpha value is -5.27. The van der Waals surface area contributed by atoms with Crippen molar-refractivity contribution in [2.75, 3.05) is 11.9 Å². The maximum Gasteiger partial charge on any atom is 0.435 e. The largest absolute Gasteiger partial charge is 0.477 e.